The molecule has 1 aromatic rings. The van der Waals surface area contributed by atoms with Gasteiger partial charge in [0.25, 0.3) is 0 Å². The van der Waals surface area contributed by atoms with E-state index in [0.29, 0.717) is 23.8 Å². The topological polar surface area (TPSA) is 73.3 Å². The molecule has 1 heterocycles. The molecule has 0 bridgehead atoms. The Hall–Kier alpha value is -1.27. The molecule has 18 heavy (non-hydrogen) atoms. The SMILES string of the molecule is N=S1(=O)CCN(C(=O)Nc2ccc(Cl)cc2)CC1. The lowest BCUT2D eigenvalue weighted by molar-refractivity contribution is 0.216. The molecule has 0 unspecified atom stereocenters. The van der Waals surface area contributed by atoms with Gasteiger partial charge in [-0.05, 0) is 24.3 Å². The van der Waals surface area contributed by atoms with Gasteiger partial charge in [0.05, 0.1) is 0 Å². The number of urea groups is 1. The van der Waals surface area contributed by atoms with E-state index in [-0.39, 0.29) is 17.5 Å². The Balaban J connectivity index is 1.95. The molecule has 0 atom stereocenters. The van der Waals surface area contributed by atoms with Gasteiger partial charge in [-0.15, -0.1) is 0 Å². The van der Waals surface area contributed by atoms with Gasteiger partial charge in [-0.2, -0.15) is 0 Å². The molecule has 5 nitrogen and oxygen atoms in total. The summed E-state index contributed by atoms with van der Waals surface area (Å²) in [5, 5.41) is 3.35. The molecule has 1 aromatic carbocycles. The van der Waals surface area contributed by atoms with Crippen molar-refractivity contribution in [2.45, 2.75) is 0 Å². The van der Waals surface area contributed by atoms with Crippen LogP contribution >= 0.6 is 11.6 Å². The van der Waals surface area contributed by atoms with Crippen molar-refractivity contribution in [3.63, 3.8) is 0 Å². The first-order valence-electron chi connectivity index (χ1n) is 5.52. The van der Waals surface area contributed by atoms with Crippen LogP contribution in [0.5, 0.6) is 0 Å². The Morgan fingerprint density at radius 3 is 2.39 bits per heavy atom. The normalized spacial score (nSPS) is 18.4. The van der Waals surface area contributed by atoms with Crippen LogP contribution < -0.4 is 5.32 Å². The van der Waals surface area contributed by atoms with E-state index >= 15 is 0 Å². The summed E-state index contributed by atoms with van der Waals surface area (Å²) in [7, 11) is -2.47. The molecule has 1 aliphatic heterocycles. The van der Waals surface area contributed by atoms with Crippen molar-refractivity contribution in [1.29, 1.82) is 4.78 Å². The predicted molar refractivity (Wildman–Crippen MR) is 72.6 cm³/mol. The molecule has 1 saturated heterocycles. The summed E-state index contributed by atoms with van der Waals surface area (Å²) in [6, 6.07) is 6.61. The molecule has 0 radical (unpaired) electrons. The lowest BCUT2D eigenvalue weighted by Gasteiger charge is -2.28. The van der Waals surface area contributed by atoms with Crippen LogP contribution in [0.3, 0.4) is 0 Å². The van der Waals surface area contributed by atoms with E-state index in [2.05, 4.69) is 5.32 Å². The molecule has 2 amide bonds. The Morgan fingerprint density at radius 1 is 1.28 bits per heavy atom. The van der Waals surface area contributed by atoms with E-state index in [1.807, 2.05) is 0 Å². The largest absolute Gasteiger partial charge is 0.323 e. The smallest absolute Gasteiger partial charge is 0.321 e. The molecule has 98 valence electrons. The van der Waals surface area contributed by atoms with Gasteiger partial charge in [0, 0.05) is 45.0 Å². The van der Waals surface area contributed by atoms with Crippen molar-refractivity contribution < 1.29 is 9.00 Å². The van der Waals surface area contributed by atoms with E-state index in [1.54, 1.807) is 29.2 Å². The van der Waals surface area contributed by atoms with Gasteiger partial charge in [0.2, 0.25) is 0 Å². The van der Waals surface area contributed by atoms with Crippen LogP contribution in [-0.4, -0.2) is 39.7 Å². The summed E-state index contributed by atoms with van der Waals surface area (Å²) in [4.78, 5) is 13.5. The fraction of sp³-hybridized carbons (Fsp3) is 0.364. The van der Waals surface area contributed by atoms with E-state index in [1.165, 1.54) is 0 Å². The molecule has 0 aromatic heterocycles. The molecule has 0 spiro atoms. The number of rotatable bonds is 1. The van der Waals surface area contributed by atoms with Crippen molar-refractivity contribution in [3.8, 4) is 0 Å². The average molecular weight is 288 g/mol. The highest BCUT2D eigenvalue weighted by molar-refractivity contribution is 7.92. The van der Waals surface area contributed by atoms with Gasteiger partial charge < -0.3 is 10.2 Å². The van der Waals surface area contributed by atoms with Gasteiger partial charge >= 0.3 is 6.03 Å². The molecular weight excluding hydrogens is 274 g/mol. The van der Waals surface area contributed by atoms with Crippen LogP contribution in [0, 0.1) is 4.78 Å². The van der Waals surface area contributed by atoms with Crippen molar-refractivity contribution in [3.05, 3.63) is 29.3 Å². The molecule has 1 fully saturated rings. The summed E-state index contributed by atoms with van der Waals surface area (Å²) in [5.41, 5.74) is 0.668. The van der Waals surface area contributed by atoms with Crippen LogP contribution in [0.1, 0.15) is 0 Å². The van der Waals surface area contributed by atoms with E-state index in [4.69, 9.17) is 16.4 Å². The van der Waals surface area contributed by atoms with Gasteiger partial charge in [-0.1, -0.05) is 11.6 Å². The Morgan fingerprint density at radius 2 is 1.83 bits per heavy atom. The third-order valence-electron chi connectivity index (χ3n) is 2.76. The first kappa shape index (κ1) is 13.2. The molecule has 0 aliphatic carbocycles. The van der Waals surface area contributed by atoms with E-state index in [0.717, 1.165) is 0 Å². The number of nitrogens with zero attached hydrogens (tertiary/aromatic N) is 1. The summed E-state index contributed by atoms with van der Waals surface area (Å²) in [6.45, 7) is 0.726. The molecule has 2 N–H and O–H groups in total. The second-order valence-electron chi connectivity index (χ2n) is 4.14. The second-order valence-corrected chi connectivity index (χ2v) is 7.02. The number of halogens is 1. The molecule has 7 heteroatoms. The zero-order valence-electron chi connectivity index (χ0n) is 9.69. The highest BCUT2D eigenvalue weighted by Crippen LogP contribution is 2.14. The van der Waals surface area contributed by atoms with Gasteiger partial charge in [0.15, 0.2) is 0 Å². The lowest BCUT2D eigenvalue weighted by atomic mass is 10.3. The van der Waals surface area contributed by atoms with Crippen LogP contribution in [0.15, 0.2) is 24.3 Å². The Labute approximate surface area is 111 Å². The maximum Gasteiger partial charge on any atom is 0.321 e. The molecule has 2 rings (SSSR count). The number of nitrogens with one attached hydrogen (secondary N) is 2. The highest BCUT2D eigenvalue weighted by Gasteiger charge is 2.22. The van der Waals surface area contributed by atoms with Crippen LogP contribution in [-0.2, 0) is 9.73 Å². The van der Waals surface area contributed by atoms with Crippen LogP contribution in [0.4, 0.5) is 10.5 Å². The Bertz CT molecular complexity index is 528. The number of carbonyl (C=O) groups is 1. The fourth-order valence-electron chi connectivity index (χ4n) is 1.67. The Kier molecular flexibility index (Phi) is 3.77. The number of anilines is 1. The standard InChI is InChI=1S/C11H14ClN3O2S/c12-9-1-3-10(4-2-9)14-11(16)15-5-7-18(13,17)8-6-15/h1-4,13H,5-8H2,(H,14,16). The summed E-state index contributed by atoms with van der Waals surface area (Å²) in [6.07, 6.45) is 0. The molecule has 0 saturated carbocycles. The third-order valence-corrected chi connectivity index (χ3v) is 4.70. The fourth-order valence-corrected chi connectivity index (χ4v) is 3.03. The molecule has 1 aliphatic rings. The second kappa shape index (κ2) is 5.16. The number of amides is 2. The van der Waals surface area contributed by atoms with Crippen molar-refractivity contribution >= 4 is 33.0 Å². The minimum Gasteiger partial charge on any atom is -0.323 e. The summed E-state index contributed by atoms with van der Waals surface area (Å²) in [5.74, 6) is 0.502. The summed E-state index contributed by atoms with van der Waals surface area (Å²) < 4.78 is 18.9. The average Bonchev–Trinajstić information content (AvgIpc) is 2.32. The predicted octanol–water partition coefficient (Wildman–Crippen LogP) is 2.23. The van der Waals surface area contributed by atoms with E-state index in [9.17, 15) is 9.00 Å². The van der Waals surface area contributed by atoms with Crippen molar-refractivity contribution in [2.24, 2.45) is 0 Å². The number of carbonyl (C=O) groups excluding carboxylic acids is 1. The minimum absolute atomic E-state index is 0.229. The first-order chi connectivity index (χ1) is 8.46. The highest BCUT2D eigenvalue weighted by atomic mass is 35.5. The lowest BCUT2D eigenvalue weighted by Crippen LogP contribution is -2.45. The number of hydrogen-bond acceptors (Lipinski definition) is 3. The minimum atomic E-state index is -2.47. The maximum absolute atomic E-state index is 11.9. The zero-order valence-corrected chi connectivity index (χ0v) is 11.3. The molecular formula is C11H14ClN3O2S. The van der Waals surface area contributed by atoms with Gasteiger partial charge in [-0.3, -0.25) is 4.78 Å². The van der Waals surface area contributed by atoms with Crippen LogP contribution in [0.25, 0.3) is 0 Å². The number of hydrogen-bond donors (Lipinski definition) is 2. The van der Waals surface area contributed by atoms with Crippen molar-refractivity contribution in [1.82, 2.24) is 4.90 Å². The first-order valence-corrected chi connectivity index (χ1v) is 7.79. The number of benzene rings is 1. The third kappa shape index (κ3) is 3.36. The maximum atomic E-state index is 11.9. The summed E-state index contributed by atoms with van der Waals surface area (Å²) >= 11 is 5.75. The van der Waals surface area contributed by atoms with Crippen LogP contribution in [0.2, 0.25) is 5.02 Å². The zero-order chi connectivity index (χ0) is 13.2. The monoisotopic (exact) mass is 287 g/mol. The van der Waals surface area contributed by atoms with E-state index < -0.39 is 9.73 Å². The van der Waals surface area contributed by atoms with Crippen molar-refractivity contribution in [2.75, 3.05) is 29.9 Å². The van der Waals surface area contributed by atoms with Gasteiger partial charge in [0.1, 0.15) is 0 Å². The quantitative estimate of drug-likeness (QED) is 0.831. The van der Waals surface area contributed by atoms with Gasteiger partial charge in [-0.25, -0.2) is 9.00 Å².